The number of amides is 1. The third-order valence-electron chi connectivity index (χ3n) is 4.97. The van der Waals surface area contributed by atoms with Crippen LogP contribution in [0.5, 0.6) is 5.75 Å². The molecule has 0 aliphatic rings. The lowest BCUT2D eigenvalue weighted by Gasteiger charge is -2.20. The van der Waals surface area contributed by atoms with Crippen molar-refractivity contribution in [3.8, 4) is 16.9 Å². The van der Waals surface area contributed by atoms with E-state index in [0.717, 1.165) is 6.20 Å². The Balaban J connectivity index is 1.93. The van der Waals surface area contributed by atoms with Gasteiger partial charge >= 0.3 is 12.1 Å². The Bertz CT molecular complexity index is 1270. The summed E-state index contributed by atoms with van der Waals surface area (Å²) in [6.07, 6.45) is 1.73. The number of ether oxygens (including phenoxy) is 2. The topological polar surface area (TPSA) is 115 Å². The molecule has 0 fully saturated rings. The number of rotatable bonds is 9. The summed E-state index contributed by atoms with van der Waals surface area (Å²) >= 11 is 0. The molecule has 188 valence electrons. The van der Waals surface area contributed by atoms with E-state index in [9.17, 15) is 18.8 Å². The minimum Gasteiger partial charge on any atom is -0.482 e. The molecule has 9 heteroatoms. The molecule has 2 aromatic carbocycles. The van der Waals surface area contributed by atoms with Crippen LogP contribution in [0.4, 0.5) is 9.18 Å². The van der Waals surface area contributed by atoms with Crippen LogP contribution in [0, 0.1) is 5.82 Å². The minimum absolute atomic E-state index is 0.109. The summed E-state index contributed by atoms with van der Waals surface area (Å²) in [4.78, 5) is 39.7. The first-order valence-electron chi connectivity index (χ1n) is 11.2. The van der Waals surface area contributed by atoms with Gasteiger partial charge in [0.1, 0.15) is 17.2 Å². The van der Waals surface area contributed by atoms with Crippen LogP contribution in [0.2, 0.25) is 0 Å². The molecule has 0 aliphatic heterocycles. The van der Waals surface area contributed by atoms with Gasteiger partial charge in [0.05, 0.1) is 6.20 Å². The number of pyridine rings is 1. The van der Waals surface area contributed by atoms with Crippen molar-refractivity contribution in [1.29, 1.82) is 0 Å². The molecule has 0 saturated carbocycles. The highest BCUT2D eigenvalue weighted by atomic mass is 19.1. The molecule has 8 nitrogen and oxygen atoms in total. The summed E-state index contributed by atoms with van der Waals surface area (Å²) < 4.78 is 24.6. The van der Waals surface area contributed by atoms with E-state index in [4.69, 9.17) is 14.6 Å². The van der Waals surface area contributed by atoms with Crippen LogP contribution >= 0.6 is 0 Å². The van der Waals surface area contributed by atoms with Crippen LogP contribution in [0.25, 0.3) is 11.1 Å². The molecule has 1 heterocycles. The third kappa shape index (κ3) is 7.63. The highest BCUT2D eigenvalue weighted by Gasteiger charge is 2.18. The molecule has 3 aromatic rings. The van der Waals surface area contributed by atoms with Crippen LogP contribution in [0.15, 0.2) is 60.9 Å². The maximum Gasteiger partial charge on any atom is 0.407 e. The van der Waals surface area contributed by atoms with Gasteiger partial charge in [-0.3, -0.25) is 9.78 Å². The average molecular weight is 495 g/mol. The highest BCUT2D eigenvalue weighted by molar-refractivity contribution is 5.99. The number of nitrogens with one attached hydrogen (secondary N) is 1. The summed E-state index contributed by atoms with van der Waals surface area (Å²) in [5.74, 6) is -1.64. The number of halogens is 1. The lowest BCUT2D eigenvalue weighted by Crippen LogP contribution is -2.32. The van der Waals surface area contributed by atoms with Crippen molar-refractivity contribution in [3.05, 3.63) is 83.4 Å². The van der Waals surface area contributed by atoms with E-state index < -0.39 is 30.1 Å². The first-order chi connectivity index (χ1) is 17.0. The Kier molecular flexibility index (Phi) is 8.37. The summed E-state index contributed by atoms with van der Waals surface area (Å²) in [6.45, 7) is 4.87. The predicted molar refractivity (Wildman–Crippen MR) is 130 cm³/mol. The van der Waals surface area contributed by atoms with Gasteiger partial charge in [0.25, 0.3) is 0 Å². The predicted octanol–water partition coefficient (Wildman–Crippen LogP) is 4.80. The van der Waals surface area contributed by atoms with Crippen molar-refractivity contribution in [1.82, 2.24) is 10.3 Å². The SMILES string of the molecule is CC(C)(C)OC(=O)NCc1ccc(C(=O)Cc2ccncc2F)cc1-c1cccc(OCC(=O)O)c1. The Morgan fingerprint density at radius 3 is 2.53 bits per heavy atom. The summed E-state index contributed by atoms with van der Waals surface area (Å²) in [7, 11) is 0. The zero-order valence-electron chi connectivity index (χ0n) is 20.2. The van der Waals surface area contributed by atoms with Crippen LogP contribution in [0.1, 0.15) is 42.3 Å². The molecule has 3 rings (SSSR count). The largest absolute Gasteiger partial charge is 0.482 e. The Hall–Kier alpha value is -4.27. The number of nitrogens with zero attached hydrogens (tertiary/aromatic N) is 1. The fourth-order valence-electron chi connectivity index (χ4n) is 3.38. The molecule has 0 unspecified atom stereocenters. The molecule has 1 amide bonds. The smallest absolute Gasteiger partial charge is 0.407 e. The molecule has 36 heavy (non-hydrogen) atoms. The molecule has 0 atom stereocenters. The van der Waals surface area contributed by atoms with Crippen LogP contribution in [-0.2, 0) is 22.5 Å². The molecule has 0 aliphatic carbocycles. The van der Waals surface area contributed by atoms with E-state index in [-0.39, 0.29) is 24.3 Å². The van der Waals surface area contributed by atoms with Gasteiger partial charge in [0.2, 0.25) is 0 Å². The standard InChI is InChI=1S/C27H27FN2O6/c1-27(2,3)36-26(34)30-14-20-8-7-19(24(31)13-18-9-10-29-15-23(18)28)12-22(20)17-5-4-6-21(11-17)35-16-25(32)33/h4-12,15H,13-14,16H2,1-3H3,(H,30,34)(H,32,33). The van der Waals surface area contributed by atoms with E-state index in [1.807, 2.05) is 0 Å². The summed E-state index contributed by atoms with van der Waals surface area (Å²) in [6, 6.07) is 13.2. The number of hydrogen-bond acceptors (Lipinski definition) is 6. The quantitative estimate of drug-likeness (QED) is 0.411. The van der Waals surface area contributed by atoms with Crippen molar-refractivity contribution in [2.45, 2.75) is 39.3 Å². The normalized spacial score (nSPS) is 11.0. The van der Waals surface area contributed by atoms with Crippen molar-refractivity contribution in [2.24, 2.45) is 0 Å². The Morgan fingerprint density at radius 2 is 1.83 bits per heavy atom. The van der Waals surface area contributed by atoms with Crippen LogP contribution in [-0.4, -0.2) is 40.1 Å². The second-order valence-electron chi connectivity index (χ2n) is 9.00. The second kappa shape index (κ2) is 11.4. The lowest BCUT2D eigenvalue weighted by molar-refractivity contribution is -0.139. The molecule has 0 bridgehead atoms. The second-order valence-corrected chi connectivity index (χ2v) is 9.00. The highest BCUT2D eigenvalue weighted by Crippen LogP contribution is 2.29. The number of carboxylic acids is 1. The van der Waals surface area contributed by atoms with Gasteiger partial charge in [-0.05, 0) is 67.3 Å². The number of aromatic nitrogens is 1. The van der Waals surface area contributed by atoms with Gasteiger partial charge in [-0.15, -0.1) is 0 Å². The van der Waals surface area contributed by atoms with Gasteiger partial charge in [-0.1, -0.05) is 24.3 Å². The summed E-state index contributed by atoms with van der Waals surface area (Å²) in [5, 5.41) is 11.6. The van der Waals surface area contributed by atoms with Gasteiger partial charge in [-0.25, -0.2) is 14.0 Å². The fraction of sp³-hybridized carbons (Fsp3) is 0.259. The Labute approximate surface area is 208 Å². The lowest BCUT2D eigenvalue weighted by atomic mass is 9.94. The van der Waals surface area contributed by atoms with Gasteiger partial charge in [-0.2, -0.15) is 0 Å². The number of benzene rings is 2. The maximum absolute atomic E-state index is 14.0. The van der Waals surface area contributed by atoms with E-state index in [0.29, 0.717) is 28.0 Å². The molecular formula is C27H27FN2O6. The number of hydrogen-bond donors (Lipinski definition) is 2. The number of aliphatic carboxylic acids is 1. The first-order valence-corrected chi connectivity index (χ1v) is 11.2. The fourth-order valence-corrected chi connectivity index (χ4v) is 3.38. The number of alkyl carbamates (subject to hydrolysis) is 1. The van der Waals surface area contributed by atoms with Gasteiger partial charge in [0.15, 0.2) is 12.4 Å². The minimum atomic E-state index is -1.11. The number of ketones is 1. The molecule has 1 aromatic heterocycles. The molecule has 0 radical (unpaired) electrons. The average Bonchev–Trinajstić information content (AvgIpc) is 2.82. The number of carboxylic acid groups (broad SMARTS) is 1. The van der Waals surface area contributed by atoms with E-state index in [1.165, 1.54) is 12.3 Å². The summed E-state index contributed by atoms with van der Waals surface area (Å²) in [5.41, 5.74) is 1.86. The van der Waals surface area contributed by atoms with Gasteiger partial charge < -0.3 is 19.9 Å². The van der Waals surface area contributed by atoms with E-state index in [2.05, 4.69) is 10.3 Å². The van der Waals surface area contributed by atoms with Gasteiger partial charge in [0, 0.05) is 24.7 Å². The zero-order valence-corrected chi connectivity index (χ0v) is 20.2. The van der Waals surface area contributed by atoms with Crippen molar-refractivity contribution < 1.29 is 33.4 Å². The zero-order chi connectivity index (χ0) is 26.3. The van der Waals surface area contributed by atoms with Crippen LogP contribution in [0.3, 0.4) is 0 Å². The van der Waals surface area contributed by atoms with Crippen molar-refractivity contribution >= 4 is 17.8 Å². The number of carbonyl (C=O) groups is 3. The first kappa shape index (κ1) is 26.3. The molecule has 2 N–H and O–H groups in total. The van der Waals surface area contributed by atoms with E-state index >= 15 is 0 Å². The maximum atomic E-state index is 14.0. The number of Topliss-reactive ketones (excluding diaryl/α,β-unsaturated/α-hetero) is 1. The van der Waals surface area contributed by atoms with Crippen LogP contribution < -0.4 is 10.1 Å². The van der Waals surface area contributed by atoms with Crippen molar-refractivity contribution in [3.63, 3.8) is 0 Å². The molecule has 0 spiro atoms. The van der Waals surface area contributed by atoms with E-state index in [1.54, 1.807) is 63.2 Å². The van der Waals surface area contributed by atoms with Crippen molar-refractivity contribution in [2.75, 3.05) is 6.61 Å². The third-order valence-corrected chi connectivity index (χ3v) is 4.97. The molecule has 0 saturated heterocycles. The Morgan fingerprint density at radius 1 is 1.06 bits per heavy atom. The molecular weight excluding hydrogens is 467 g/mol. The monoisotopic (exact) mass is 494 g/mol. The number of carbonyl (C=O) groups excluding carboxylic acids is 2.